The molecule has 11 aromatic rings. The van der Waals surface area contributed by atoms with E-state index in [0.29, 0.717) is 0 Å². The standard InChI is InChI=1S/C65H41NO/c1-3-16-42(17-4-1)44-30-34-47(35-31-44)66(60-28-15-27-59-64(60)54-22-9-13-26-58(54)65(59)56-24-11-7-20-50(56)51-21-8-12-25-57(51)65)48-36-39-49-46(40-48)33-38-53-52-37-32-45(43-18-5-2-6-19-43)41-62(52)67-61-29-14-10-23-55(61)63(49)53/h1-41H. The molecular formula is C65H41NO. The van der Waals surface area contributed by atoms with E-state index < -0.39 is 5.41 Å². The van der Waals surface area contributed by atoms with Gasteiger partial charge in [-0.25, -0.2) is 0 Å². The zero-order valence-electron chi connectivity index (χ0n) is 36.5. The SMILES string of the molecule is c1ccc(-c2ccc(N(c3ccc4c5c(ccc4c3)-c3ccc(-c4ccccc4)cc3Oc3ccccc3-5)c3cccc4c3-c3ccccc3C43c4ccccc4-c4ccccc43)cc2)cc1. The first kappa shape index (κ1) is 37.6. The number of hydrogen-bond acceptors (Lipinski definition) is 2. The van der Waals surface area contributed by atoms with Gasteiger partial charge in [0.25, 0.3) is 0 Å². The summed E-state index contributed by atoms with van der Waals surface area (Å²) < 4.78 is 6.86. The molecule has 0 atom stereocenters. The van der Waals surface area contributed by atoms with E-state index in [0.717, 1.165) is 61.8 Å². The lowest BCUT2D eigenvalue weighted by Gasteiger charge is -2.32. The minimum absolute atomic E-state index is 0.452. The minimum Gasteiger partial charge on any atom is -0.456 e. The van der Waals surface area contributed by atoms with Gasteiger partial charge in [0.1, 0.15) is 11.5 Å². The molecular weight excluding hydrogens is 811 g/mol. The quantitative estimate of drug-likeness (QED) is 0.171. The lowest BCUT2D eigenvalue weighted by molar-refractivity contribution is 0.488. The Kier molecular flexibility index (Phi) is 8.23. The molecule has 0 saturated carbocycles. The summed E-state index contributed by atoms with van der Waals surface area (Å²) in [6.07, 6.45) is 0. The van der Waals surface area contributed by atoms with Crippen LogP contribution >= 0.6 is 0 Å². The normalized spacial score (nSPS) is 13.0. The van der Waals surface area contributed by atoms with Gasteiger partial charge in [-0.3, -0.25) is 0 Å². The van der Waals surface area contributed by atoms with Crippen molar-refractivity contribution >= 4 is 27.8 Å². The van der Waals surface area contributed by atoms with Crippen LogP contribution in [0.5, 0.6) is 11.5 Å². The number of ether oxygens (including phenoxy) is 1. The van der Waals surface area contributed by atoms with Gasteiger partial charge in [0.15, 0.2) is 0 Å². The van der Waals surface area contributed by atoms with Crippen molar-refractivity contribution in [1.29, 1.82) is 0 Å². The smallest absolute Gasteiger partial charge is 0.135 e. The van der Waals surface area contributed by atoms with Crippen LogP contribution in [0.1, 0.15) is 22.3 Å². The van der Waals surface area contributed by atoms with E-state index in [1.165, 1.54) is 66.6 Å². The van der Waals surface area contributed by atoms with Crippen molar-refractivity contribution in [3.05, 3.63) is 271 Å². The van der Waals surface area contributed by atoms with Crippen LogP contribution in [-0.2, 0) is 5.41 Å². The molecule has 2 heteroatoms. The Balaban J connectivity index is 0.992. The van der Waals surface area contributed by atoms with E-state index in [9.17, 15) is 0 Å². The highest BCUT2D eigenvalue weighted by Crippen LogP contribution is 2.65. The van der Waals surface area contributed by atoms with Gasteiger partial charge in [0, 0.05) is 33.6 Å². The molecule has 0 unspecified atom stereocenters. The molecule has 0 N–H and O–H groups in total. The third kappa shape index (κ3) is 5.51. The number of fused-ring (bicyclic) bond motifs is 17. The van der Waals surface area contributed by atoms with Crippen molar-refractivity contribution in [2.45, 2.75) is 5.41 Å². The summed E-state index contributed by atoms with van der Waals surface area (Å²) in [5.41, 5.74) is 22.5. The number of anilines is 3. The fourth-order valence-corrected chi connectivity index (χ4v) is 11.7. The maximum atomic E-state index is 6.86. The minimum atomic E-state index is -0.452. The van der Waals surface area contributed by atoms with Crippen LogP contribution in [0.3, 0.4) is 0 Å². The predicted molar refractivity (Wildman–Crippen MR) is 277 cm³/mol. The van der Waals surface area contributed by atoms with Crippen molar-refractivity contribution in [3.63, 3.8) is 0 Å². The molecule has 14 rings (SSSR count). The summed E-state index contributed by atoms with van der Waals surface area (Å²) in [4.78, 5) is 2.48. The molecule has 3 aliphatic rings. The molecule has 0 fully saturated rings. The molecule has 1 spiro atoms. The lowest BCUT2D eigenvalue weighted by Crippen LogP contribution is -2.26. The largest absolute Gasteiger partial charge is 0.456 e. The molecule has 0 bridgehead atoms. The Labute approximate surface area is 390 Å². The molecule has 0 saturated heterocycles. The summed E-state index contributed by atoms with van der Waals surface area (Å²) in [6, 6.07) is 91.2. The maximum Gasteiger partial charge on any atom is 0.135 e. The van der Waals surface area contributed by atoms with Gasteiger partial charge in [-0.1, -0.05) is 200 Å². The van der Waals surface area contributed by atoms with E-state index >= 15 is 0 Å². The van der Waals surface area contributed by atoms with Crippen LogP contribution in [0.4, 0.5) is 17.1 Å². The molecule has 0 aromatic heterocycles. The van der Waals surface area contributed by atoms with Crippen LogP contribution < -0.4 is 9.64 Å². The summed E-state index contributed by atoms with van der Waals surface area (Å²) in [5.74, 6) is 1.71. The Morgan fingerprint density at radius 1 is 0.299 bits per heavy atom. The molecule has 2 aliphatic carbocycles. The first-order valence-electron chi connectivity index (χ1n) is 23.2. The first-order chi connectivity index (χ1) is 33.2. The second-order valence-electron chi connectivity index (χ2n) is 17.9. The highest BCUT2D eigenvalue weighted by molar-refractivity contribution is 6.09. The van der Waals surface area contributed by atoms with E-state index in [1.54, 1.807) is 0 Å². The van der Waals surface area contributed by atoms with E-state index in [2.05, 4.69) is 254 Å². The third-order valence-electron chi connectivity index (χ3n) is 14.5. The van der Waals surface area contributed by atoms with Gasteiger partial charge < -0.3 is 9.64 Å². The number of nitrogens with zero attached hydrogens (tertiary/aromatic N) is 1. The van der Waals surface area contributed by atoms with Crippen LogP contribution in [0, 0.1) is 0 Å². The fourth-order valence-electron chi connectivity index (χ4n) is 11.7. The Hall–Kier alpha value is -8.72. The number of rotatable bonds is 5. The highest BCUT2D eigenvalue weighted by Gasteiger charge is 2.52. The molecule has 67 heavy (non-hydrogen) atoms. The van der Waals surface area contributed by atoms with Gasteiger partial charge >= 0.3 is 0 Å². The maximum absolute atomic E-state index is 6.86. The molecule has 11 aromatic carbocycles. The van der Waals surface area contributed by atoms with Crippen molar-refractivity contribution in [1.82, 2.24) is 0 Å². The monoisotopic (exact) mass is 851 g/mol. The zero-order valence-corrected chi connectivity index (χ0v) is 36.5. The van der Waals surface area contributed by atoms with Gasteiger partial charge in [-0.15, -0.1) is 0 Å². The molecule has 1 aliphatic heterocycles. The Bertz CT molecular complexity index is 3730. The van der Waals surface area contributed by atoms with Crippen molar-refractivity contribution in [2.75, 3.05) is 4.90 Å². The third-order valence-corrected chi connectivity index (χ3v) is 14.5. The zero-order chi connectivity index (χ0) is 44.1. The molecule has 1 heterocycles. The highest BCUT2D eigenvalue weighted by atomic mass is 16.5. The van der Waals surface area contributed by atoms with Crippen LogP contribution in [0.15, 0.2) is 249 Å². The average molecular weight is 852 g/mol. The lowest BCUT2D eigenvalue weighted by atomic mass is 9.70. The Morgan fingerprint density at radius 3 is 1.55 bits per heavy atom. The second-order valence-corrected chi connectivity index (χ2v) is 17.9. The molecule has 0 radical (unpaired) electrons. The van der Waals surface area contributed by atoms with E-state index in [1.807, 2.05) is 0 Å². The second kappa shape index (κ2) is 14.7. The Morgan fingerprint density at radius 2 is 0.836 bits per heavy atom. The van der Waals surface area contributed by atoms with Crippen LogP contribution in [0.2, 0.25) is 0 Å². The van der Waals surface area contributed by atoms with Gasteiger partial charge in [-0.2, -0.15) is 0 Å². The van der Waals surface area contributed by atoms with E-state index in [4.69, 9.17) is 4.74 Å². The molecule has 312 valence electrons. The summed E-state index contributed by atoms with van der Waals surface area (Å²) in [7, 11) is 0. The van der Waals surface area contributed by atoms with Gasteiger partial charge in [-0.05, 0) is 126 Å². The number of para-hydroxylation sites is 1. The average Bonchev–Trinajstić information content (AvgIpc) is 3.81. The first-order valence-corrected chi connectivity index (χ1v) is 23.2. The van der Waals surface area contributed by atoms with Gasteiger partial charge in [0.05, 0.1) is 11.1 Å². The number of hydrogen-bond donors (Lipinski definition) is 0. The summed E-state index contributed by atoms with van der Waals surface area (Å²) in [5, 5.41) is 2.34. The molecule has 2 nitrogen and oxygen atoms in total. The van der Waals surface area contributed by atoms with Crippen molar-refractivity contribution in [2.24, 2.45) is 0 Å². The van der Waals surface area contributed by atoms with Crippen LogP contribution in [0.25, 0.3) is 77.5 Å². The van der Waals surface area contributed by atoms with Crippen LogP contribution in [-0.4, -0.2) is 0 Å². The predicted octanol–water partition coefficient (Wildman–Crippen LogP) is 17.4. The van der Waals surface area contributed by atoms with Crippen molar-refractivity contribution < 1.29 is 4.74 Å². The van der Waals surface area contributed by atoms with Gasteiger partial charge in [0.2, 0.25) is 0 Å². The van der Waals surface area contributed by atoms with Crippen molar-refractivity contribution in [3.8, 4) is 78.3 Å². The summed E-state index contributed by atoms with van der Waals surface area (Å²) >= 11 is 0. The number of benzene rings is 11. The fraction of sp³-hybridized carbons (Fsp3) is 0.0154. The topological polar surface area (TPSA) is 12.5 Å². The van der Waals surface area contributed by atoms with E-state index in [-0.39, 0.29) is 0 Å². The molecule has 0 amide bonds. The summed E-state index contributed by atoms with van der Waals surface area (Å²) in [6.45, 7) is 0.